The second-order valence-electron chi connectivity index (χ2n) is 4.01. The molecular formula is C10H10ClF3N2O2. The van der Waals surface area contributed by atoms with E-state index in [0.717, 1.165) is 0 Å². The van der Waals surface area contributed by atoms with Gasteiger partial charge in [0.05, 0.1) is 6.10 Å². The Morgan fingerprint density at radius 1 is 1.39 bits per heavy atom. The minimum atomic E-state index is -4.62. The fourth-order valence-electron chi connectivity index (χ4n) is 1.82. The normalized spacial score (nSPS) is 24.3. The van der Waals surface area contributed by atoms with Gasteiger partial charge in [0.2, 0.25) is 11.2 Å². The molecule has 1 N–H and O–H groups in total. The molecule has 1 aromatic rings. The first-order valence-electron chi connectivity index (χ1n) is 5.32. The van der Waals surface area contributed by atoms with Crippen molar-refractivity contribution in [2.24, 2.45) is 0 Å². The van der Waals surface area contributed by atoms with E-state index >= 15 is 0 Å². The van der Waals surface area contributed by atoms with Gasteiger partial charge in [0, 0.05) is 6.20 Å². The maximum absolute atomic E-state index is 12.7. The van der Waals surface area contributed by atoms with Crippen molar-refractivity contribution in [2.45, 2.75) is 37.6 Å². The molecule has 1 aliphatic carbocycles. The molecule has 1 fully saturated rings. The highest BCUT2D eigenvalue weighted by atomic mass is 35.5. The van der Waals surface area contributed by atoms with Crippen LogP contribution in [0, 0.1) is 0 Å². The molecule has 18 heavy (non-hydrogen) atoms. The Bertz CT molecular complexity index is 442. The van der Waals surface area contributed by atoms with Crippen LogP contribution in [0.1, 0.15) is 24.8 Å². The topological polar surface area (TPSA) is 55.2 Å². The monoisotopic (exact) mass is 282 g/mol. The van der Waals surface area contributed by atoms with Gasteiger partial charge in [-0.1, -0.05) is 0 Å². The molecule has 0 saturated heterocycles. The van der Waals surface area contributed by atoms with Gasteiger partial charge in [0.1, 0.15) is 11.7 Å². The third kappa shape index (κ3) is 2.84. The number of halogens is 4. The number of aliphatic hydroxyl groups is 1. The van der Waals surface area contributed by atoms with Crippen LogP contribution in [0.15, 0.2) is 6.20 Å². The smallest absolute Gasteiger partial charge is 0.423 e. The summed E-state index contributed by atoms with van der Waals surface area (Å²) in [5.41, 5.74) is -1.09. The summed E-state index contributed by atoms with van der Waals surface area (Å²) in [5, 5.41) is 9.20. The van der Waals surface area contributed by atoms with E-state index in [1.807, 2.05) is 0 Å². The molecule has 1 aliphatic rings. The van der Waals surface area contributed by atoms with Crippen LogP contribution in [-0.4, -0.2) is 27.3 Å². The zero-order valence-electron chi connectivity index (χ0n) is 9.12. The molecule has 8 heteroatoms. The van der Waals surface area contributed by atoms with Crippen molar-refractivity contribution in [1.82, 2.24) is 9.97 Å². The number of rotatable bonds is 2. The van der Waals surface area contributed by atoms with E-state index in [9.17, 15) is 18.3 Å². The standard InChI is InChI=1S/C10H10ClF3N2O2/c11-9-15-4-5(10(12,13)14)8(16-9)18-7-3-1-2-6(7)17/h4,6-7,17H,1-3H2/t6-,7+/m0/s1. The molecule has 2 rings (SSSR count). The first-order chi connectivity index (χ1) is 8.38. The van der Waals surface area contributed by atoms with Crippen molar-refractivity contribution in [3.05, 3.63) is 17.0 Å². The van der Waals surface area contributed by atoms with Crippen LogP contribution in [0.5, 0.6) is 5.88 Å². The van der Waals surface area contributed by atoms with Crippen LogP contribution in [0.4, 0.5) is 13.2 Å². The van der Waals surface area contributed by atoms with Gasteiger partial charge in [-0.25, -0.2) is 4.98 Å². The number of alkyl halides is 3. The maximum atomic E-state index is 12.7. The van der Waals surface area contributed by atoms with Crippen molar-refractivity contribution >= 4 is 11.6 Å². The molecule has 100 valence electrons. The van der Waals surface area contributed by atoms with Gasteiger partial charge < -0.3 is 9.84 Å². The molecule has 1 heterocycles. The Morgan fingerprint density at radius 2 is 2.11 bits per heavy atom. The van der Waals surface area contributed by atoms with Crippen molar-refractivity contribution in [3.63, 3.8) is 0 Å². The van der Waals surface area contributed by atoms with Crippen LogP contribution in [0.25, 0.3) is 0 Å². The predicted molar refractivity (Wildman–Crippen MR) is 56.3 cm³/mol. The van der Waals surface area contributed by atoms with Crippen molar-refractivity contribution in [1.29, 1.82) is 0 Å². The molecule has 0 bridgehead atoms. The van der Waals surface area contributed by atoms with E-state index in [2.05, 4.69) is 9.97 Å². The second kappa shape index (κ2) is 4.89. The Labute approximate surface area is 106 Å². The number of aliphatic hydroxyl groups excluding tert-OH is 1. The molecule has 0 radical (unpaired) electrons. The molecule has 1 aromatic heterocycles. The molecule has 0 amide bonds. The molecular weight excluding hydrogens is 273 g/mol. The highest BCUT2D eigenvalue weighted by Crippen LogP contribution is 2.36. The van der Waals surface area contributed by atoms with Crippen LogP contribution >= 0.6 is 11.6 Å². The summed E-state index contributed by atoms with van der Waals surface area (Å²) in [6.45, 7) is 0. The Balaban J connectivity index is 2.28. The van der Waals surface area contributed by atoms with Gasteiger partial charge in [-0.15, -0.1) is 0 Å². The largest absolute Gasteiger partial charge is 0.471 e. The summed E-state index contributed by atoms with van der Waals surface area (Å²) < 4.78 is 43.2. The lowest BCUT2D eigenvalue weighted by molar-refractivity contribution is -0.140. The van der Waals surface area contributed by atoms with E-state index in [4.69, 9.17) is 16.3 Å². The first kappa shape index (κ1) is 13.4. The van der Waals surface area contributed by atoms with E-state index in [1.54, 1.807) is 0 Å². The van der Waals surface area contributed by atoms with E-state index in [1.165, 1.54) is 0 Å². The molecule has 1 saturated carbocycles. The number of aromatic nitrogens is 2. The minimum absolute atomic E-state index is 0.328. The van der Waals surface area contributed by atoms with E-state index in [-0.39, 0.29) is 5.28 Å². The number of hydrogen-bond donors (Lipinski definition) is 1. The van der Waals surface area contributed by atoms with Gasteiger partial charge >= 0.3 is 6.18 Å². The van der Waals surface area contributed by atoms with Crippen molar-refractivity contribution in [2.75, 3.05) is 0 Å². The van der Waals surface area contributed by atoms with Crippen LogP contribution in [-0.2, 0) is 6.18 Å². The van der Waals surface area contributed by atoms with Crippen molar-refractivity contribution in [3.8, 4) is 5.88 Å². The second-order valence-corrected chi connectivity index (χ2v) is 4.35. The third-order valence-electron chi connectivity index (χ3n) is 2.71. The fraction of sp³-hybridized carbons (Fsp3) is 0.600. The molecule has 0 aliphatic heterocycles. The average Bonchev–Trinajstić information content (AvgIpc) is 2.62. The number of hydrogen-bond acceptors (Lipinski definition) is 4. The highest BCUT2D eigenvalue weighted by Gasteiger charge is 2.38. The molecule has 0 aromatic carbocycles. The summed E-state index contributed by atoms with van der Waals surface area (Å²) in [6.07, 6.45) is -3.82. The Morgan fingerprint density at radius 3 is 2.67 bits per heavy atom. The molecule has 4 nitrogen and oxygen atoms in total. The summed E-state index contributed by atoms with van der Waals surface area (Å²) in [4.78, 5) is 6.73. The average molecular weight is 283 g/mol. The Kier molecular flexibility index (Phi) is 3.63. The van der Waals surface area contributed by atoms with Crippen LogP contribution in [0.3, 0.4) is 0 Å². The summed E-state index contributed by atoms with van der Waals surface area (Å²) in [7, 11) is 0. The molecule has 0 unspecified atom stereocenters. The van der Waals surface area contributed by atoms with Gasteiger partial charge in [0.25, 0.3) is 0 Å². The van der Waals surface area contributed by atoms with E-state index < -0.39 is 29.8 Å². The van der Waals surface area contributed by atoms with Gasteiger partial charge in [0.15, 0.2) is 0 Å². The highest BCUT2D eigenvalue weighted by molar-refractivity contribution is 6.28. The van der Waals surface area contributed by atoms with Gasteiger partial charge in [-0.3, -0.25) is 0 Å². The lowest BCUT2D eigenvalue weighted by Crippen LogP contribution is -2.27. The van der Waals surface area contributed by atoms with Gasteiger partial charge in [-0.2, -0.15) is 18.2 Å². The van der Waals surface area contributed by atoms with Crippen LogP contribution in [0.2, 0.25) is 5.28 Å². The molecule has 2 atom stereocenters. The van der Waals surface area contributed by atoms with Gasteiger partial charge in [-0.05, 0) is 30.9 Å². The van der Waals surface area contributed by atoms with E-state index in [0.29, 0.717) is 25.5 Å². The summed E-state index contributed by atoms with van der Waals surface area (Å²) in [5.74, 6) is -0.631. The minimum Gasteiger partial charge on any atom is -0.471 e. The number of ether oxygens (including phenoxy) is 1. The lowest BCUT2D eigenvalue weighted by Gasteiger charge is -2.19. The third-order valence-corrected chi connectivity index (χ3v) is 2.89. The summed E-state index contributed by atoms with van der Waals surface area (Å²) >= 11 is 5.46. The lowest BCUT2D eigenvalue weighted by atomic mass is 10.2. The maximum Gasteiger partial charge on any atom is 0.423 e. The zero-order valence-corrected chi connectivity index (χ0v) is 9.87. The quantitative estimate of drug-likeness (QED) is 0.847. The van der Waals surface area contributed by atoms with Crippen molar-refractivity contribution < 1.29 is 23.0 Å². The number of nitrogens with zero attached hydrogens (tertiary/aromatic N) is 2. The zero-order chi connectivity index (χ0) is 13.3. The molecule has 0 spiro atoms. The Hall–Kier alpha value is -1.08. The summed E-state index contributed by atoms with van der Waals surface area (Å²) in [6, 6.07) is 0. The van der Waals surface area contributed by atoms with Crippen LogP contribution < -0.4 is 4.74 Å². The fourth-order valence-corrected chi connectivity index (χ4v) is 1.94. The SMILES string of the molecule is O[C@H]1CCC[C@H]1Oc1nc(Cl)ncc1C(F)(F)F. The predicted octanol–water partition coefficient (Wildman–Crippen LogP) is 2.44. The first-order valence-corrected chi connectivity index (χ1v) is 5.70.